The number of amides is 1. The summed E-state index contributed by atoms with van der Waals surface area (Å²) in [6.07, 6.45) is 1.92. The van der Waals surface area contributed by atoms with Crippen molar-refractivity contribution in [2.45, 2.75) is 25.5 Å². The van der Waals surface area contributed by atoms with Crippen LogP contribution in [-0.4, -0.2) is 52.3 Å². The van der Waals surface area contributed by atoms with E-state index in [2.05, 4.69) is 4.57 Å². The van der Waals surface area contributed by atoms with Gasteiger partial charge in [-0.1, -0.05) is 18.2 Å². The summed E-state index contributed by atoms with van der Waals surface area (Å²) in [4.78, 5) is 24.8. The fraction of sp³-hybridized carbons (Fsp3) is 0.412. The molecule has 23 heavy (non-hydrogen) atoms. The highest BCUT2D eigenvalue weighted by Gasteiger charge is 2.25. The summed E-state index contributed by atoms with van der Waals surface area (Å²) in [5.41, 5.74) is 1.12. The lowest BCUT2D eigenvalue weighted by Crippen LogP contribution is -2.46. The average molecular weight is 316 g/mol. The number of hydrogen-bond donors (Lipinski definition) is 1. The molecule has 1 amide bonds. The fourth-order valence-corrected chi connectivity index (χ4v) is 2.97. The molecular weight excluding hydrogens is 296 g/mol. The Hall–Kier alpha value is -2.34. The van der Waals surface area contributed by atoms with Crippen LogP contribution >= 0.6 is 0 Å². The third kappa shape index (κ3) is 3.71. The van der Waals surface area contributed by atoms with E-state index < -0.39 is 12.1 Å². The van der Waals surface area contributed by atoms with Gasteiger partial charge < -0.3 is 19.3 Å². The van der Waals surface area contributed by atoms with Crippen molar-refractivity contribution in [1.82, 2.24) is 9.47 Å². The summed E-state index contributed by atoms with van der Waals surface area (Å²) in [5.74, 6) is -0.857. The molecule has 1 aromatic heterocycles. The van der Waals surface area contributed by atoms with E-state index in [0.717, 1.165) is 10.9 Å². The molecule has 1 aromatic carbocycles. The number of carboxylic acids is 1. The van der Waals surface area contributed by atoms with Crippen molar-refractivity contribution >= 4 is 22.8 Å². The van der Waals surface area contributed by atoms with Gasteiger partial charge in [0.05, 0.1) is 19.1 Å². The number of carboxylic acid groups (broad SMARTS) is 1. The SMILES string of the molecule is O=C(O)CC1CN(C(=O)CCn2ccc3ccccc32)CCO1. The van der Waals surface area contributed by atoms with Crippen LogP contribution in [0, 0.1) is 0 Å². The van der Waals surface area contributed by atoms with Crippen LogP contribution in [0.4, 0.5) is 0 Å². The molecule has 122 valence electrons. The highest BCUT2D eigenvalue weighted by molar-refractivity contribution is 5.80. The van der Waals surface area contributed by atoms with Gasteiger partial charge in [0.25, 0.3) is 0 Å². The summed E-state index contributed by atoms with van der Waals surface area (Å²) in [5, 5.41) is 9.99. The van der Waals surface area contributed by atoms with Crippen molar-refractivity contribution in [3.63, 3.8) is 0 Å². The molecule has 6 heteroatoms. The van der Waals surface area contributed by atoms with Crippen molar-refractivity contribution in [2.24, 2.45) is 0 Å². The minimum atomic E-state index is -0.900. The minimum absolute atomic E-state index is 0.0430. The quantitative estimate of drug-likeness (QED) is 0.912. The first-order valence-corrected chi connectivity index (χ1v) is 7.78. The van der Waals surface area contributed by atoms with Crippen molar-refractivity contribution in [2.75, 3.05) is 19.7 Å². The Balaban J connectivity index is 1.57. The molecule has 1 aliphatic rings. The molecule has 0 bridgehead atoms. The van der Waals surface area contributed by atoms with E-state index in [0.29, 0.717) is 32.7 Å². The van der Waals surface area contributed by atoms with E-state index in [1.807, 2.05) is 36.5 Å². The van der Waals surface area contributed by atoms with E-state index >= 15 is 0 Å². The van der Waals surface area contributed by atoms with Gasteiger partial charge >= 0.3 is 5.97 Å². The molecule has 2 heterocycles. The average Bonchev–Trinajstić information content (AvgIpc) is 2.95. The van der Waals surface area contributed by atoms with Gasteiger partial charge in [-0.2, -0.15) is 0 Å². The van der Waals surface area contributed by atoms with Crippen LogP contribution in [0.2, 0.25) is 0 Å². The fourth-order valence-electron chi connectivity index (χ4n) is 2.97. The van der Waals surface area contributed by atoms with Crippen molar-refractivity contribution < 1.29 is 19.4 Å². The van der Waals surface area contributed by atoms with E-state index in [-0.39, 0.29) is 12.3 Å². The molecule has 1 fully saturated rings. The number of aliphatic carboxylic acids is 1. The molecule has 1 atom stereocenters. The van der Waals surface area contributed by atoms with Crippen LogP contribution in [0.1, 0.15) is 12.8 Å². The Kier molecular flexibility index (Phi) is 4.62. The number of fused-ring (bicyclic) bond motifs is 1. The Bertz CT molecular complexity index is 709. The predicted octanol–water partition coefficient (Wildman–Crippen LogP) is 1.73. The predicted molar refractivity (Wildman–Crippen MR) is 85.1 cm³/mol. The lowest BCUT2D eigenvalue weighted by atomic mass is 10.2. The number of carbonyl (C=O) groups excluding carboxylic acids is 1. The normalized spacial score (nSPS) is 18.3. The molecular formula is C17H20N2O4. The second-order valence-corrected chi connectivity index (χ2v) is 5.75. The summed E-state index contributed by atoms with van der Waals surface area (Å²) in [7, 11) is 0. The summed E-state index contributed by atoms with van der Waals surface area (Å²) >= 11 is 0. The first-order valence-electron chi connectivity index (χ1n) is 7.78. The molecule has 1 saturated heterocycles. The maximum Gasteiger partial charge on any atom is 0.306 e. The topological polar surface area (TPSA) is 71.8 Å². The molecule has 0 radical (unpaired) electrons. The van der Waals surface area contributed by atoms with Gasteiger partial charge in [0.1, 0.15) is 0 Å². The molecule has 3 rings (SSSR count). The maximum atomic E-state index is 12.4. The zero-order chi connectivity index (χ0) is 16.2. The number of hydrogen-bond acceptors (Lipinski definition) is 3. The van der Waals surface area contributed by atoms with E-state index in [1.54, 1.807) is 4.90 Å². The number of nitrogens with zero attached hydrogens (tertiary/aromatic N) is 2. The van der Waals surface area contributed by atoms with Gasteiger partial charge in [-0.05, 0) is 17.5 Å². The van der Waals surface area contributed by atoms with Crippen molar-refractivity contribution in [1.29, 1.82) is 0 Å². The zero-order valence-electron chi connectivity index (χ0n) is 12.9. The summed E-state index contributed by atoms with van der Waals surface area (Å²) in [6, 6.07) is 10.1. The van der Waals surface area contributed by atoms with E-state index in [9.17, 15) is 9.59 Å². The first kappa shape index (κ1) is 15.6. The highest BCUT2D eigenvalue weighted by Crippen LogP contribution is 2.16. The minimum Gasteiger partial charge on any atom is -0.481 e. The summed E-state index contributed by atoms with van der Waals surface area (Å²) < 4.78 is 7.47. The van der Waals surface area contributed by atoms with Gasteiger partial charge in [-0.15, -0.1) is 0 Å². The number of morpholine rings is 1. The van der Waals surface area contributed by atoms with Gasteiger partial charge in [0, 0.05) is 37.8 Å². The Morgan fingerprint density at radius 3 is 2.91 bits per heavy atom. The second-order valence-electron chi connectivity index (χ2n) is 5.75. The number of benzene rings is 1. The van der Waals surface area contributed by atoms with Crippen LogP contribution in [0.5, 0.6) is 0 Å². The monoisotopic (exact) mass is 316 g/mol. The van der Waals surface area contributed by atoms with Gasteiger partial charge in [0.15, 0.2) is 0 Å². The number of aryl methyl sites for hydroxylation is 1. The van der Waals surface area contributed by atoms with Crippen LogP contribution in [0.15, 0.2) is 36.5 Å². The van der Waals surface area contributed by atoms with Gasteiger partial charge in [-0.3, -0.25) is 9.59 Å². The largest absolute Gasteiger partial charge is 0.481 e. The molecule has 0 saturated carbocycles. The Morgan fingerprint density at radius 2 is 2.09 bits per heavy atom. The molecule has 1 aliphatic heterocycles. The number of rotatable bonds is 5. The maximum absolute atomic E-state index is 12.4. The van der Waals surface area contributed by atoms with Crippen LogP contribution < -0.4 is 0 Å². The van der Waals surface area contributed by atoms with Crippen LogP contribution in [0.3, 0.4) is 0 Å². The highest BCUT2D eigenvalue weighted by atomic mass is 16.5. The first-order chi connectivity index (χ1) is 11.1. The molecule has 1 N–H and O–H groups in total. The smallest absolute Gasteiger partial charge is 0.306 e. The molecule has 1 unspecified atom stereocenters. The van der Waals surface area contributed by atoms with Gasteiger partial charge in [0.2, 0.25) is 5.91 Å². The van der Waals surface area contributed by atoms with Crippen LogP contribution in [-0.2, 0) is 20.9 Å². The molecule has 0 spiro atoms. The number of aromatic nitrogens is 1. The lowest BCUT2D eigenvalue weighted by molar-refractivity contribution is -0.147. The zero-order valence-corrected chi connectivity index (χ0v) is 12.9. The Labute approximate surface area is 134 Å². The van der Waals surface area contributed by atoms with Crippen LogP contribution in [0.25, 0.3) is 10.9 Å². The molecule has 6 nitrogen and oxygen atoms in total. The van der Waals surface area contributed by atoms with Gasteiger partial charge in [-0.25, -0.2) is 0 Å². The molecule has 0 aliphatic carbocycles. The van der Waals surface area contributed by atoms with Crippen molar-refractivity contribution in [3.8, 4) is 0 Å². The van der Waals surface area contributed by atoms with E-state index in [4.69, 9.17) is 9.84 Å². The standard InChI is InChI=1S/C17H20N2O4/c20-16(19-9-10-23-14(12-19)11-17(21)22)6-8-18-7-5-13-3-1-2-4-15(13)18/h1-5,7,14H,6,8-12H2,(H,21,22). The number of ether oxygens (including phenoxy) is 1. The Morgan fingerprint density at radius 1 is 1.26 bits per heavy atom. The third-order valence-corrected chi connectivity index (χ3v) is 4.14. The number of para-hydroxylation sites is 1. The second kappa shape index (κ2) is 6.83. The van der Waals surface area contributed by atoms with E-state index in [1.165, 1.54) is 0 Å². The third-order valence-electron chi connectivity index (χ3n) is 4.14. The number of carbonyl (C=O) groups is 2. The van der Waals surface area contributed by atoms with Crippen molar-refractivity contribution in [3.05, 3.63) is 36.5 Å². The molecule has 2 aromatic rings. The lowest BCUT2D eigenvalue weighted by Gasteiger charge is -2.32. The summed E-state index contributed by atoms with van der Waals surface area (Å²) in [6.45, 7) is 1.91.